The van der Waals surface area contributed by atoms with Gasteiger partial charge in [0.2, 0.25) is 0 Å². The average molecular weight is 220 g/mol. The van der Waals surface area contributed by atoms with Gasteiger partial charge in [0.15, 0.2) is 11.0 Å². The topological polar surface area (TPSA) is 58.0 Å². The summed E-state index contributed by atoms with van der Waals surface area (Å²) in [6.07, 6.45) is 2.15. The Balaban J connectivity index is 1.90. The Morgan fingerprint density at radius 3 is 2.77 bits per heavy atom. The fraction of sp³-hybridized carbons (Fsp3) is 0.714. The zero-order valence-electron chi connectivity index (χ0n) is 6.96. The summed E-state index contributed by atoms with van der Waals surface area (Å²) in [5, 5.41) is 12.6. The van der Waals surface area contributed by atoms with E-state index in [4.69, 9.17) is 16.7 Å². The maximum atomic E-state index is 9.05. The van der Waals surface area contributed by atoms with Gasteiger partial charge in [0.1, 0.15) is 0 Å². The average Bonchev–Trinajstić information content (AvgIpc) is 2.82. The third-order valence-corrected chi connectivity index (χ3v) is 3.26. The van der Waals surface area contributed by atoms with E-state index in [1.165, 1.54) is 0 Å². The highest BCUT2D eigenvalue weighted by molar-refractivity contribution is 6.99. The van der Waals surface area contributed by atoms with Crippen LogP contribution < -0.4 is 5.32 Å². The van der Waals surface area contributed by atoms with Gasteiger partial charge in [-0.05, 0) is 12.8 Å². The normalized spacial score (nSPS) is 18.6. The molecule has 1 aromatic rings. The van der Waals surface area contributed by atoms with Crippen LogP contribution in [0.5, 0.6) is 0 Å². The number of nitrogens with zero attached hydrogens (tertiary/aromatic N) is 2. The molecule has 0 saturated heterocycles. The number of aliphatic hydroxyl groups excluding tert-OH is 1. The van der Waals surface area contributed by atoms with E-state index in [2.05, 4.69) is 14.1 Å². The van der Waals surface area contributed by atoms with Gasteiger partial charge in [-0.25, -0.2) is 0 Å². The van der Waals surface area contributed by atoms with Crippen LogP contribution >= 0.6 is 23.3 Å². The summed E-state index contributed by atoms with van der Waals surface area (Å²) in [7, 11) is 0. The van der Waals surface area contributed by atoms with E-state index in [0.717, 1.165) is 31.1 Å². The molecule has 2 rings (SSSR count). The number of aliphatic hydroxyl groups is 1. The highest BCUT2D eigenvalue weighted by Crippen LogP contribution is 2.45. The van der Waals surface area contributed by atoms with Crippen molar-refractivity contribution in [2.45, 2.75) is 12.8 Å². The van der Waals surface area contributed by atoms with Crippen molar-refractivity contribution < 1.29 is 5.11 Å². The quantitative estimate of drug-likeness (QED) is 0.803. The summed E-state index contributed by atoms with van der Waals surface area (Å²) < 4.78 is 7.82. The van der Waals surface area contributed by atoms with E-state index in [9.17, 15) is 0 Å². The van der Waals surface area contributed by atoms with Crippen LogP contribution in [0.3, 0.4) is 0 Å². The van der Waals surface area contributed by atoms with Gasteiger partial charge in [0, 0.05) is 12.0 Å². The third kappa shape index (κ3) is 1.92. The summed E-state index contributed by atoms with van der Waals surface area (Å²) >= 11 is 6.83. The fourth-order valence-corrected chi connectivity index (χ4v) is 1.81. The summed E-state index contributed by atoms with van der Waals surface area (Å²) in [5.41, 5.74) is 0.0763. The molecule has 1 fully saturated rings. The minimum Gasteiger partial charge on any atom is -0.396 e. The Kier molecular flexibility index (Phi) is 2.40. The summed E-state index contributed by atoms with van der Waals surface area (Å²) in [5.74, 6) is 0.631. The zero-order valence-corrected chi connectivity index (χ0v) is 8.53. The van der Waals surface area contributed by atoms with Crippen molar-refractivity contribution in [1.29, 1.82) is 0 Å². The number of hydrogen-bond acceptors (Lipinski definition) is 5. The monoisotopic (exact) mass is 219 g/mol. The first-order valence-corrected chi connectivity index (χ1v) is 5.19. The van der Waals surface area contributed by atoms with Crippen molar-refractivity contribution in [2.75, 3.05) is 18.5 Å². The second kappa shape index (κ2) is 3.40. The molecular formula is C7H10ClN3OS. The Morgan fingerprint density at radius 1 is 1.54 bits per heavy atom. The molecule has 0 aliphatic heterocycles. The molecule has 1 aromatic heterocycles. The first-order chi connectivity index (χ1) is 6.26. The smallest absolute Gasteiger partial charge is 0.186 e. The number of hydrogen-bond donors (Lipinski definition) is 2. The van der Waals surface area contributed by atoms with Gasteiger partial charge < -0.3 is 10.4 Å². The van der Waals surface area contributed by atoms with Crippen LogP contribution in [0.25, 0.3) is 0 Å². The van der Waals surface area contributed by atoms with Crippen molar-refractivity contribution >= 4 is 29.1 Å². The van der Waals surface area contributed by atoms with E-state index in [-0.39, 0.29) is 12.0 Å². The molecule has 0 aromatic carbocycles. The SMILES string of the molecule is OCC1(CNc2nsnc2Cl)CC1. The van der Waals surface area contributed by atoms with Gasteiger partial charge in [-0.2, -0.15) is 8.75 Å². The molecule has 1 heterocycles. The second-order valence-electron chi connectivity index (χ2n) is 3.42. The molecule has 0 atom stereocenters. The molecule has 0 bridgehead atoms. The van der Waals surface area contributed by atoms with Crippen LogP contribution in [0, 0.1) is 5.41 Å². The van der Waals surface area contributed by atoms with Crippen molar-refractivity contribution in [1.82, 2.24) is 8.75 Å². The summed E-state index contributed by atoms with van der Waals surface area (Å²) in [6.45, 7) is 0.962. The molecule has 0 unspecified atom stereocenters. The zero-order chi connectivity index (χ0) is 9.31. The minimum atomic E-state index is 0.0763. The standard InChI is InChI=1S/C7H10ClN3OS/c8-5-6(11-13-10-5)9-3-7(4-12)1-2-7/h12H,1-4H2,(H,9,11). The lowest BCUT2D eigenvalue weighted by molar-refractivity contribution is 0.219. The second-order valence-corrected chi connectivity index (χ2v) is 4.30. The first kappa shape index (κ1) is 9.18. The van der Waals surface area contributed by atoms with E-state index in [1.807, 2.05) is 0 Å². The first-order valence-electron chi connectivity index (χ1n) is 4.09. The predicted octanol–water partition coefficient (Wildman–Crippen LogP) is 1.38. The lowest BCUT2D eigenvalue weighted by atomic mass is 10.1. The third-order valence-electron chi connectivity index (χ3n) is 2.37. The number of anilines is 1. The van der Waals surface area contributed by atoms with Gasteiger partial charge >= 0.3 is 0 Å². The van der Waals surface area contributed by atoms with Crippen LogP contribution in [0.1, 0.15) is 12.8 Å². The maximum absolute atomic E-state index is 9.05. The van der Waals surface area contributed by atoms with Gasteiger partial charge in [-0.3, -0.25) is 0 Å². The highest BCUT2D eigenvalue weighted by Gasteiger charge is 2.41. The lowest BCUT2D eigenvalue weighted by Crippen LogP contribution is -2.19. The molecule has 0 spiro atoms. The van der Waals surface area contributed by atoms with Crippen LogP contribution in [-0.2, 0) is 0 Å². The predicted molar refractivity (Wildman–Crippen MR) is 52.2 cm³/mol. The number of aromatic nitrogens is 2. The molecule has 72 valence electrons. The van der Waals surface area contributed by atoms with Gasteiger partial charge in [-0.1, -0.05) is 11.6 Å². The molecule has 1 aliphatic carbocycles. The van der Waals surface area contributed by atoms with Gasteiger partial charge in [0.25, 0.3) is 0 Å². The van der Waals surface area contributed by atoms with Crippen molar-refractivity contribution in [2.24, 2.45) is 5.41 Å². The van der Waals surface area contributed by atoms with Crippen molar-refractivity contribution in [3.05, 3.63) is 5.15 Å². The number of halogens is 1. The Labute approximate surface area is 85.3 Å². The lowest BCUT2D eigenvalue weighted by Gasteiger charge is -2.11. The molecule has 6 heteroatoms. The van der Waals surface area contributed by atoms with Crippen LogP contribution in [0.4, 0.5) is 5.82 Å². The number of nitrogens with one attached hydrogen (secondary N) is 1. The summed E-state index contributed by atoms with van der Waals surface area (Å²) in [6, 6.07) is 0. The number of rotatable bonds is 4. The van der Waals surface area contributed by atoms with Crippen molar-refractivity contribution in [3.8, 4) is 0 Å². The molecule has 0 radical (unpaired) electrons. The molecule has 4 nitrogen and oxygen atoms in total. The Morgan fingerprint density at radius 2 is 2.31 bits per heavy atom. The molecule has 1 saturated carbocycles. The molecule has 1 aliphatic rings. The Bertz CT molecular complexity index is 300. The molecule has 0 amide bonds. The van der Waals surface area contributed by atoms with Crippen molar-refractivity contribution in [3.63, 3.8) is 0 Å². The van der Waals surface area contributed by atoms with Gasteiger partial charge in [0.05, 0.1) is 18.3 Å². The Hall–Kier alpha value is -0.390. The molecule has 2 N–H and O–H groups in total. The largest absolute Gasteiger partial charge is 0.396 e. The minimum absolute atomic E-state index is 0.0763. The molecule has 13 heavy (non-hydrogen) atoms. The van der Waals surface area contributed by atoms with E-state index < -0.39 is 0 Å². The van der Waals surface area contributed by atoms with E-state index in [1.54, 1.807) is 0 Å². The highest BCUT2D eigenvalue weighted by atomic mass is 35.5. The van der Waals surface area contributed by atoms with Crippen LogP contribution in [0.15, 0.2) is 0 Å². The maximum Gasteiger partial charge on any atom is 0.186 e. The van der Waals surface area contributed by atoms with E-state index >= 15 is 0 Å². The molecular weight excluding hydrogens is 210 g/mol. The van der Waals surface area contributed by atoms with E-state index in [0.29, 0.717) is 11.0 Å². The van der Waals surface area contributed by atoms with Gasteiger partial charge in [-0.15, -0.1) is 0 Å². The fourth-order valence-electron chi connectivity index (χ4n) is 1.12. The van der Waals surface area contributed by atoms with Crippen LogP contribution in [0.2, 0.25) is 5.15 Å². The van der Waals surface area contributed by atoms with Crippen LogP contribution in [-0.4, -0.2) is 27.0 Å². The summed E-state index contributed by atoms with van der Waals surface area (Å²) in [4.78, 5) is 0.